The lowest BCUT2D eigenvalue weighted by molar-refractivity contribution is -0.140. The van der Waals surface area contributed by atoms with Crippen LogP contribution in [0.1, 0.15) is 26.7 Å². The van der Waals surface area contributed by atoms with Gasteiger partial charge >= 0.3 is 0 Å². The van der Waals surface area contributed by atoms with Crippen molar-refractivity contribution in [2.75, 3.05) is 6.61 Å². The van der Waals surface area contributed by atoms with Crippen LogP contribution in [0.3, 0.4) is 0 Å². The summed E-state index contributed by atoms with van der Waals surface area (Å²) in [4.78, 5) is 24.8. The topological polar surface area (TPSA) is 107 Å². The van der Waals surface area contributed by atoms with Crippen LogP contribution in [0.4, 0.5) is 0 Å². The first-order valence-corrected chi connectivity index (χ1v) is 5.35. The van der Waals surface area contributed by atoms with Gasteiger partial charge in [0.1, 0.15) is 12.7 Å². The number of hydrogen-bond donors (Lipinski definition) is 1. The highest BCUT2D eigenvalue weighted by atomic mass is 16.7. The summed E-state index contributed by atoms with van der Waals surface area (Å²) in [5.74, 6) is 0. The molecule has 1 aliphatic rings. The van der Waals surface area contributed by atoms with Crippen LogP contribution in [0, 0.1) is 9.81 Å². The Hall–Kier alpha value is -1.12. The van der Waals surface area contributed by atoms with Crippen molar-refractivity contribution in [2.24, 2.45) is 10.5 Å². The van der Waals surface area contributed by atoms with Crippen LogP contribution in [0.2, 0.25) is 0 Å². The average Bonchev–Trinajstić information content (AvgIpc) is 2.66. The fraction of sp³-hybridized carbons (Fsp3) is 1.00. The molecule has 1 rings (SSSR count). The lowest BCUT2D eigenvalue weighted by Gasteiger charge is -2.26. The van der Waals surface area contributed by atoms with Crippen molar-refractivity contribution < 1.29 is 19.4 Å². The SMILES string of the molecule is CCC(C)(N=O)OC1CC(O)OC1CON=O. The second-order valence-corrected chi connectivity index (χ2v) is 4.01. The molecule has 98 valence electrons. The Bertz CT molecular complexity index is 276. The Balaban J connectivity index is 2.60. The van der Waals surface area contributed by atoms with Gasteiger partial charge in [-0.3, -0.25) is 0 Å². The fourth-order valence-corrected chi connectivity index (χ4v) is 1.57. The first-order valence-electron chi connectivity index (χ1n) is 5.35. The number of nitroso groups, excluding NO2 is 1. The van der Waals surface area contributed by atoms with Crippen LogP contribution >= 0.6 is 0 Å². The molecule has 17 heavy (non-hydrogen) atoms. The van der Waals surface area contributed by atoms with Crippen molar-refractivity contribution in [1.82, 2.24) is 0 Å². The molecule has 0 saturated carbocycles. The number of hydrogen-bond acceptors (Lipinski definition) is 8. The van der Waals surface area contributed by atoms with E-state index in [0.29, 0.717) is 6.42 Å². The molecule has 0 spiro atoms. The van der Waals surface area contributed by atoms with E-state index in [0.717, 1.165) is 0 Å². The molecular weight excluding hydrogens is 232 g/mol. The largest absolute Gasteiger partial charge is 0.368 e. The van der Waals surface area contributed by atoms with Gasteiger partial charge in [-0.05, 0) is 18.5 Å². The van der Waals surface area contributed by atoms with Gasteiger partial charge in [0.25, 0.3) is 0 Å². The highest BCUT2D eigenvalue weighted by Crippen LogP contribution is 2.28. The van der Waals surface area contributed by atoms with Crippen LogP contribution in [-0.2, 0) is 14.3 Å². The quantitative estimate of drug-likeness (QED) is 0.533. The molecule has 0 aromatic rings. The van der Waals surface area contributed by atoms with Crippen LogP contribution in [-0.4, -0.2) is 35.9 Å². The molecule has 1 N–H and O–H groups in total. The van der Waals surface area contributed by atoms with Crippen LogP contribution in [0.15, 0.2) is 10.5 Å². The number of rotatable bonds is 7. The molecule has 0 aromatic carbocycles. The molecule has 0 amide bonds. The summed E-state index contributed by atoms with van der Waals surface area (Å²) in [7, 11) is 0. The van der Waals surface area contributed by atoms with Crippen molar-refractivity contribution in [3.8, 4) is 0 Å². The van der Waals surface area contributed by atoms with E-state index in [1.165, 1.54) is 0 Å². The van der Waals surface area contributed by atoms with Gasteiger partial charge in [-0.1, -0.05) is 6.92 Å². The molecule has 1 fully saturated rings. The molecule has 1 aliphatic heterocycles. The first kappa shape index (κ1) is 13.9. The fourth-order valence-electron chi connectivity index (χ4n) is 1.57. The van der Waals surface area contributed by atoms with E-state index in [1.54, 1.807) is 13.8 Å². The third-order valence-corrected chi connectivity index (χ3v) is 2.73. The van der Waals surface area contributed by atoms with Crippen molar-refractivity contribution in [3.63, 3.8) is 0 Å². The van der Waals surface area contributed by atoms with Gasteiger partial charge in [-0.25, -0.2) is 0 Å². The van der Waals surface area contributed by atoms with Crippen LogP contribution < -0.4 is 0 Å². The second-order valence-electron chi connectivity index (χ2n) is 4.01. The maximum absolute atomic E-state index is 10.7. The summed E-state index contributed by atoms with van der Waals surface area (Å²) in [5.41, 5.74) is -1.18. The van der Waals surface area contributed by atoms with E-state index < -0.39 is 24.2 Å². The number of aliphatic hydroxyl groups is 1. The van der Waals surface area contributed by atoms with Gasteiger partial charge in [0.2, 0.25) is 0 Å². The van der Waals surface area contributed by atoms with Gasteiger partial charge in [0.05, 0.1) is 6.10 Å². The van der Waals surface area contributed by atoms with Gasteiger partial charge in [-0.15, -0.1) is 9.81 Å². The molecule has 4 unspecified atom stereocenters. The lowest BCUT2D eigenvalue weighted by Crippen LogP contribution is -2.37. The summed E-state index contributed by atoms with van der Waals surface area (Å²) in [6.07, 6.45) is -1.63. The minimum atomic E-state index is -1.18. The molecule has 4 atom stereocenters. The standard InChI is InChI=1S/C9H16N2O6/c1-3-9(2,10-13)17-6-4-8(12)16-7(6)5-15-11-14/h6-8,12H,3-5H2,1-2H3. The van der Waals surface area contributed by atoms with E-state index in [9.17, 15) is 14.9 Å². The molecule has 8 heteroatoms. The normalized spacial score (nSPS) is 31.8. The van der Waals surface area contributed by atoms with E-state index in [4.69, 9.17) is 9.47 Å². The summed E-state index contributed by atoms with van der Waals surface area (Å²) in [6, 6.07) is 0. The molecule has 0 bridgehead atoms. The maximum atomic E-state index is 10.7. The Kier molecular flexibility index (Phi) is 4.91. The van der Waals surface area contributed by atoms with Gasteiger partial charge in [0, 0.05) is 6.42 Å². The predicted octanol–water partition coefficient (Wildman–Crippen LogP) is 1.07. The molecule has 0 aromatic heterocycles. The molecule has 8 nitrogen and oxygen atoms in total. The third-order valence-electron chi connectivity index (χ3n) is 2.73. The zero-order valence-electron chi connectivity index (χ0n) is 9.74. The van der Waals surface area contributed by atoms with Gasteiger partial charge in [-0.2, -0.15) is 0 Å². The van der Waals surface area contributed by atoms with E-state index in [1.807, 2.05) is 0 Å². The zero-order chi connectivity index (χ0) is 12.9. The predicted molar refractivity (Wildman–Crippen MR) is 56.6 cm³/mol. The minimum absolute atomic E-state index is 0.135. The number of nitrogens with zero attached hydrogens (tertiary/aromatic N) is 2. The summed E-state index contributed by atoms with van der Waals surface area (Å²) in [6.45, 7) is 3.16. The Labute approximate surface area is 98.1 Å². The van der Waals surface area contributed by atoms with Gasteiger partial charge in [0.15, 0.2) is 17.4 Å². The van der Waals surface area contributed by atoms with Crippen molar-refractivity contribution in [3.05, 3.63) is 9.81 Å². The average molecular weight is 248 g/mol. The monoisotopic (exact) mass is 248 g/mol. The molecule has 1 saturated heterocycles. The maximum Gasteiger partial charge on any atom is 0.197 e. The summed E-state index contributed by atoms with van der Waals surface area (Å²) < 4.78 is 10.6. The summed E-state index contributed by atoms with van der Waals surface area (Å²) in [5, 5.41) is 14.5. The van der Waals surface area contributed by atoms with Crippen molar-refractivity contribution >= 4 is 0 Å². The first-order chi connectivity index (χ1) is 8.04. The molecular formula is C9H16N2O6. The molecule has 0 aliphatic carbocycles. The van der Waals surface area contributed by atoms with E-state index in [-0.39, 0.29) is 13.0 Å². The van der Waals surface area contributed by atoms with Crippen molar-refractivity contribution in [1.29, 1.82) is 0 Å². The Morgan fingerprint density at radius 1 is 1.53 bits per heavy atom. The number of aliphatic hydroxyl groups excluding tert-OH is 1. The highest BCUT2D eigenvalue weighted by Gasteiger charge is 2.40. The van der Waals surface area contributed by atoms with E-state index in [2.05, 4.69) is 15.4 Å². The minimum Gasteiger partial charge on any atom is -0.368 e. The summed E-state index contributed by atoms with van der Waals surface area (Å²) >= 11 is 0. The van der Waals surface area contributed by atoms with E-state index >= 15 is 0 Å². The molecule has 1 heterocycles. The third kappa shape index (κ3) is 3.69. The Morgan fingerprint density at radius 2 is 2.24 bits per heavy atom. The highest BCUT2D eigenvalue weighted by molar-refractivity contribution is 4.83. The van der Waals surface area contributed by atoms with Crippen LogP contribution in [0.5, 0.6) is 0 Å². The Morgan fingerprint density at radius 3 is 2.76 bits per heavy atom. The van der Waals surface area contributed by atoms with Crippen molar-refractivity contribution in [2.45, 2.75) is 50.9 Å². The lowest BCUT2D eigenvalue weighted by atomic mass is 10.1. The smallest absolute Gasteiger partial charge is 0.197 e. The van der Waals surface area contributed by atoms with Crippen LogP contribution in [0.25, 0.3) is 0 Å². The molecule has 0 radical (unpaired) electrons. The number of ether oxygens (including phenoxy) is 2. The zero-order valence-corrected chi connectivity index (χ0v) is 9.74. The van der Waals surface area contributed by atoms with Gasteiger partial charge < -0.3 is 19.4 Å². The second kappa shape index (κ2) is 5.99.